The molecule has 2 rings (SSSR count). The van der Waals surface area contributed by atoms with Crippen LogP contribution in [0.1, 0.15) is 55.3 Å². The monoisotopic (exact) mass is 278 g/mol. The average molecular weight is 278 g/mol. The fourth-order valence-electron chi connectivity index (χ4n) is 2.95. The first-order valence-electron chi connectivity index (χ1n) is 7.30. The summed E-state index contributed by atoms with van der Waals surface area (Å²) in [6, 6.07) is 0. The molecule has 0 spiro atoms. The van der Waals surface area contributed by atoms with Crippen molar-refractivity contribution < 1.29 is 4.79 Å². The van der Waals surface area contributed by atoms with Crippen LogP contribution in [0, 0.1) is 5.92 Å². The molecule has 1 aliphatic carbocycles. The minimum atomic E-state index is -0.484. The SMILES string of the molecule is Cn1cc(C(=O)CCC2CCCCC2)c(=O)n(C)c1=O. The molecule has 110 valence electrons. The number of Topliss-reactive ketones (excluding diaryl/α,β-unsaturated/α-hetero) is 1. The van der Waals surface area contributed by atoms with Gasteiger partial charge in [-0.2, -0.15) is 0 Å². The molecule has 1 heterocycles. The summed E-state index contributed by atoms with van der Waals surface area (Å²) in [6.07, 6.45) is 8.81. The lowest BCUT2D eigenvalue weighted by molar-refractivity contribution is 0.0967. The molecule has 0 aromatic carbocycles. The first-order chi connectivity index (χ1) is 9.50. The Bertz CT molecular complexity index is 607. The maximum Gasteiger partial charge on any atom is 0.330 e. The van der Waals surface area contributed by atoms with E-state index in [0.29, 0.717) is 12.3 Å². The molecular weight excluding hydrogens is 256 g/mol. The summed E-state index contributed by atoms with van der Waals surface area (Å²) in [5.74, 6) is 0.468. The normalized spacial score (nSPS) is 16.3. The zero-order valence-corrected chi connectivity index (χ0v) is 12.2. The van der Waals surface area contributed by atoms with Crippen molar-refractivity contribution in [1.29, 1.82) is 0 Å². The van der Waals surface area contributed by atoms with Crippen LogP contribution in [0.2, 0.25) is 0 Å². The van der Waals surface area contributed by atoms with Gasteiger partial charge < -0.3 is 4.57 Å². The van der Waals surface area contributed by atoms with Crippen molar-refractivity contribution in [3.63, 3.8) is 0 Å². The summed E-state index contributed by atoms with van der Waals surface area (Å²) in [6.45, 7) is 0. The van der Waals surface area contributed by atoms with E-state index < -0.39 is 11.2 Å². The van der Waals surface area contributed by atoms with Gasteiger partial charge in [-0.25, -0.2) is 4.79 Å². The minimum absolute atomic E-state index is 0.130. The van der Waals surface area contributed by atoms with Crippen molar-refractivity contribution in [3.05, 3.63) is 32.6 Å². The van der Waals surface area contributed by atoms with Crippen molar-refractivity contribution in [2.45, 2.75) is 44.9 Å². The van der Waals surface area contributed by atoms with Crippen molar-refractivity contribution in [2.24, 2.45) is 20.0 Å². The lowest BCUT2D eigenvalue weighted by atomic mass is 9.85. The molecule has 1 aromatic rings. The Hall–Kier alpha value is -1.65. The first-order valence-corrected chi connectivity index (χ1v) is 7.30. The number of aryl methyl sites for hydroxylation is 1. The maximum absolute atomic E-state index is 12.2. The van der Waals surface area contributed by atoms with E-state index >= 15 is 0 Å². The lowest BCUT2D eigenvalue weighted by Gasteiger charge is -2.20. The largest absolute Gasteiger partial charge is 0.330 e. The molecule has 1 aliphatic rings. The van der Waals surface area contributed by atoms with Crippen molar-refractivity contribution >= 4 is 5.78 Å². The molecule has 1 fully saturated rings. The zero-order chi connectivity index (χ0) is 14.7. The fraction of sp³-hybridized carbons (Fsp3) is 0.667. The zero-order valence-electron chi connectivity index (χ0n) is 12.2. The van der Waals surface area contributed by atoms with Crippen LogP contribution in [-0.4, -0.2) is 14.9 Å². The van der Waals surface area contributed by atoms with E-state index in [1.807, 2.05) is 0 Å². The third kappa shape index (κ3) is 3.08. The third-order valence-electron chi connectivity index (χ3n) is 4.25. The molecular formula is C15H22N2O3. The molecule has 0 unspecified atom stereocenters. The van der Waals surface area contributed by atoms with Crippen LogP contribution >= 0.6 is 0 Å². The smallest absolute Gasteiger partial charge is 0.303 e. The van der Waals surface area contributed by atoms with E-state index in [1.54, 1.807) is 7.05 Å². The Labute approximate surface area is 118 Å². The predicted molar refractivity (Wildman–Crippen MR) is 77.1 cm³/mol. The van der Waals surface area contributed by atoms with Gasteiger partial charge in [0.15, 0.2) is 5.78 Å². The van der Waals surface area contributed by atoms with Crippen molar-refractivity contribution in [3.8, 4) is 0 Å². The number of aromatic nitrogens is 2. The molecule has 0 saturated heterocycles. The van der Waals surface area contributed by atoms with Gasteiger partial charge >= 0.3 is 5.69 Å². The van der Waals surface area contributed by atoms with E-state index in [1.165, 1.54) is 49.9 Å². The highest BCUT2D eigenvalue weighted by Gasteiger charge is 2.18. The topological polar surface area (TPSA) is 61.1 Å². The Morgan fingerprint density at radius 1 is 1.20 bits per heavy atom. The highest BCUT2D eigenvalue weighted by molar-refractivity contribution is 5.95. The molecule has 5 nitrogen and oxygen atoms in total. The van der Waals surface area contributed by atoms with Gasteiger partial charge in [0.1, 0.15) is 0 Å². The minimum Gasteiger partial charge on any atom is -0.303 e. The number of nitrogens with zero attached hydrogens (tertiary/aromatic N) is 2. The van der Waals surface area contributed by atoms with Crippen LogP contribution < -0.4 is 11.2 Å². The number of carbonyl (C=O) groups is 1. The highest BCUT2D eigenvalue weighted by atomic mass is 16.2. The van der Waals surface area contributed by atoms with Gasteiger partial charge in [-0.15, -0.1) is 0 Å². The van der Waals surface area contributed by atoms with Gasteiger partial charge in [-0.1, -0.05) is 32.1 Å². The summed E-state index contributed by atoms with van der Waals surface area (Å²) in [5.41, 5.74) is -0.758. The Morgan fingerprint density at radius 2 is 1.85 bits per heavy atom. The number of hydrogen-bond acceptors (Lipinski definition) is 3. The van der Waals surface area contributed by atoms with Crippen LogP contribution in [0.4, 0.5) is 0 Å². The second kappa shape index (κ2) is 6.20. The van der Waals surface area contributed by atoms with Gasteiger partial charge in [0, 0.05) is 26.7 Å². The summed E-state index contributed by atoms with van der Waals surface area (Å²) in [7, 11) is 2.96. The molecule has 1 aromatic heterocycles. The van der Waals surface area contributed by atoms with E-state index in [4.69, 9.17) is 0 Å². The molecule has 0 amide bonds. The number of hydrogen-bond donors (Lipinski definition) is 0. The Morgan fingerprint density at radius 3 is 2.50 bits per heavy atom. The van der Waals surface area contributed by atoms with Gasteiger partial charge in [0.25, 0.3) is 5.56 Å². The second-order valence-corrected chi connectivity index (χ2v) is 5.77. The van der Waals surface area contributed by atoms with E-state index in [9.17, 15) is 14.4 Å². The van der Waals surface area contributed by atoms with Crippen molar-refractivity contribution in [1.82, 2.24) is 9.13 Å². The molecule has 0 bridgehead atoms. The van der Waals surface area contributed by atoms with E-state index in [-0.39, 0.29) is 11.3 Å². The summed E-state index contributed by atoms with van der Waals surface area (Å²) >= 11 is 0. The quantitative estimate of drug-likeness (QED) is 0.786. The number of ketones is 1. The first kappa shape index (κ1) is 14.8. The fourth-order valence-corrected chi connectivity index (χ4v) is 2.95. The predicted octanol–water partition coefficient (Wildman–Crippen LogP) is 1.63. The van der Waals surface area contributed by atoms with Crippen molar-refractivity contribution in [2.75, 3.05) is 0 Å². The number of carbonyl (C=O) groups excluding carboxylic acids is 1. The molecule has 1 saturated carbocycles. The molecule has 20 heavy (non-hydrogen) atoms. The molecule has 0 radical (unpaired) electrons. The standard InChI is InChI=1S/C15H22N2O3/c1-16-10-12(14(19)17(2)15(16)20)13(18)9-8-11-6-4-3-5-7-11/h10-11H,3-9H2,1-2H3. The lowest BCUT2D eigenvalue weighted by Crippen LogP contribution is -2.39. The maximum atomic E-state index is 12.2. The third-order valence-corrected chi connectivity index (χ3v) is 4.25. The van der Waals surface area contributed by atoms with Crippen LogP contribution in [0.15, 0.2) is 15.8 Å². The molecule has 5 heteroatoms. The van der Waals surface area contributed by atoms with Gasteiger partial charge in [0.2, 0.25) is 0 Å². The molecule has 0 aliphatic heterocycles. The number of rotatable bonds is 4. The van der Waals surface area contributed by atoms with Crippen LogP contribution in [-0.2, 0) is 14.1 Å². The highest BCUT2D eigenvalue weighted by Crippen LogP contribution is 2.27. The van der Waals surface area contributed by atoms with Crippen LogP contribution in [0.25, 0.3) is 0 Å². The summed E-state index contributed by atoms with van der Waals surface area (Å²) in [5, 5.41) is 0. The Balaban J connectivity index is 2.09. The van der Waals surface area contributed by atoms with Gasteiger partial charge in [-0.05, 0) is 12.3 Å². The summed E-state index contributed by atoms with van der Waals surface area (Å²) < 4.78 is 2.28. The van der Waals surface area contributed by atoms with Gasteiger partial charge in [-0.3, -0.25) is 14.2 Å². The molecule has 0 atom stereocenters. The van der Waals surface area contributed by atoms with Gasteiger partial charge in [0.05, 0.1) is 5.56 Å². The second-order valence-electron chi connectivity index (χ2n) is 5.77. The Kier molecular flexibility index (Phi) is 4.57. The van der Waals surface area contributed by atoms with E-state index in [0.717, 1.165) is 11.0 Å². The van der Waals surface area contributed by atoms with E-state index in [2.05, 4.69) is 0 Å². The average Bonchev–Trinajstić information content (AvgIpc) is 2.47. The van der Waals surface area contributed by atoms with Crippen LogP contribution in [0.5, 0.6) is 0 Å². The summed E-state index contributed by atoms with van der Waals surface area (Å²) in [4.78, 5) is 35.7. The van der Waals surface area contributed by atoms with Crippen LogP contribution in [0.3, 0.4) is 0 Å². The molecule has 0 N–H and O–H groups in total.